The van der Waals surface area contributed by atoms with Crippen LogP contribution in [-0.2, 0) is 16.1 Å². The number of carbonyl (C=O) groups excluding carboxylic acids is 1. The Balaban J connectivity index is 1.55. The highest BCUT2D eigenvalue weighted by molar-refractivity contribution is 5.75. The van der Waals surface area contributed by atoms with Crippen molar-refractivity contribution in [3.05, 3.63) is 69.0 Å². The van der Waals surface area contributed by atoms with Gasteiger partial charge in [0.2, 0.25) is 5.91 Å². The SMILES string of the molecule is O=C(CC[C@H]1O[C@@H](n2ccc(=O)[nH]c2=O)[C@H](O)[C@@H]1O)NCc1ccccc1. The van der Waals surface area contributed by atoms with Crippen LogP contribution in [0.1, 0.15) is 24.6 Å². The van der Waals surface area contributed by atoms with Crippen LogP contribution in [0.3, 0.4) is 0 Å². The molecule has 0 bridgehead atoms. The lowest BCUT2D eigenvalue weighted by molar-refractivity contribution is -0.122. The fourth-order valence-corrected chi connectivity index (χ4v) is 2.98. The van der Waals surface area contributed by atoms with Crippen LogP contribution >= 0.6 is 0 Å². The molecule has 0 radical (unpaired) electrons. The summed E-state index contributed by atoms with van der Waals surface area (Å²) in [4.78, 5) is 37.0. The van der Waals surface area contributed by atoms with E-state index in [-0.39, 0.29) is 18.7 Å². The second kappa shape index (κ2) is 8.30. The molecule has 1 aromatic carbocycles. The van der Waals surface area contributed by atoms with Gasteiger partial charge in [0.25, 0.3) is 5.56 Å². The van der Waals surface area contributed by atoms with E-state index in [2.05, 4.69) is 10.3 Å². The molecule has 1 amide bonds. The van der Waals surface area contributed by atoms with E-state index in [1.807, 2.05) is 30.3 Å². The number of aliphatic hydroxyl groups excluding tert-OH is 2. The summed E-state index contributed by atoms with van der Waals surface area (Å²) in [7, 11) is 0. The molecule has 4 atom stereocenters. The van der Waals surface area contributed by atoms with E-state index in [1.165, 1.54) is 6.20 Å². The van der Waals surface area contributed by atoms with E-state index in [9.17, 15) is 24.6 Å². The van der Waals surface area contributed by atoms with Gasteiger partial charge in [-0.2, -0.15) is 0 Å². The number of hydrogen-bond acceptors (Lipinski definition) is 6. The molecule has 3 rings (SSSR count). The summed E-state index contributed by atoms with van der Waals surface area (Å²) in [6, 6.07) is 10.6. The lowest BCUT2D eigenvalue weighted by Gasteiger charge is -2.16. The molecule has 0 saturated carbocycles. The third kappa shape index (κ3) is 4.51. The molecule has 0 unspecified atom stereocenters. The highest BCUT2D eigenvalue weighted by Crippen LogP contribution is 2.30. The first-order valence-electron chi connectivity index (χ1n) is 8.59. The lowest BCUT2D eigenvalue weighted by atomic mass is 10.1. The zero-order chi connectivity index (χ0) is 19.4. The topological polar surface area (TPSA) is 134 Å². The molecule has 1 aliphatic rings. The number of carbonyl (C=O) groups is 1. The van der Waals surface area contributed by atoms with E-state index in [0.717, 1.165) is 16.2 Å². The Morgan fingerprint density at radius 1 is 1.15 bits per heavy atom. The minimum Gasteiger partial charge on any atom is -0.388 e. The molecule has 1 saturated heterocycles. The summed E-state index contributed by atoms with van der Waals surface area (Å²) in [5.41, 5.74) is -0.355. The van der Waals surface area contributed by atoms with Crippen molar-refractivity contribution in [2.24, 2.45) is 0 Å². The Bertz CT molecular complexity index is 894. The molecule has 9 nitrogen and oxygen atoms in total. The maximum absolute atomic E-state index is 12.0. The molecule has 2 aromatic rings. The molecule has 1 fully saturated rings. The molecule has 0 spiro atoms. The number of amides is 1. The first kappa shape index (κ1) is 19.0. The van der Waals surface area contributed by atoms with Gasteiger partial charge < -0.3 is 20.3 Å². The van der Waals surface area contributed by atoms with Gasteiger partial charge in [0.15, 0.2) is 6.23 Å². The molecule has 2 heterocycles. The minimum atomic E-state index is -1.36. The third-order valence-electron chi connectivity index (χ3n) is 4.45. The van der Waals surface area contributed by atoms with Crippen molar-refractivity contribution in [3.8, 4) is 0 Å². The number of nitrogens with one attached hydrogen (secondary N) is 2. The van der Waals surface area contributed by atoms with Crippen LogP contribution in [0, 0.1) is 0 Å². The van der Waals surface area contributed by atoms with E-state index in [4.69, 9.17) is 4.74 Å². The molecule has 0 aliphatic carbocycles. The summed E-state index contributed by atoms with van der Waals surface area (Å²) in [5.74, 6) is -0.214. The van der Waals surface area contributed by atoms with Gasteiger partial charge in [0.05, 0.1) is 6.10 Å². The van der Waals surface area contributed by atoms with Crippen LogP contribution in [0.4, 0.5) is 0 Å². The van der Waals surface area contributed by atoms with Crippen molar-refractivity contribution in [1.82, 2.24) is 14.9 Å². The molecule has 9 heteroatoms. The normalized spacial score (nSPS) is 24.7. The van der Waals surface area contributed by atoms with Crippen molar-refractivity contribution >= 4 is 5.91 Å². The van der Waals surface area contributed by atoms with Gasteiger partial charge >= 0.3 is 5.69 Å². The summed E-state index contributed by atoms with van der Waals surface area (Å²) in [6.07, 6.45) is -3.10. The number of ether oxygens (including phenoxy) is 1. The predicted molar refractivity (Wildman–Crippen MR) is 94.8 cm³/mol. The van der Waals surface area contributed by atoms with Crippen LogP contribution in [-0.4, -0.2) is 44.0 Å². The number of nitrogens with zero attached hydrogens (tertiary/aromatic N) is 1. The van der Waals surface area contributed by atoms with Crippen LogP contribution < -0.4 is 16.6 Å². The Morgan fingerprint density at radius 2 is 1.89 bits per heavy atom. The van der Waals surface area contributed by atoms with E-state index in [1.54, 1.807) is 0 Å². The second-order valence-electron chi connectivity index (χ2n) is 6.36. The molecular weight excluding hydrogens is 354 g/mol. The standard InChI is InChI=1S/C18H21N3O6/c22-13(19-10-11-4-2-1-3-5-11)7-6-12-15(24)16(25)17(27-12)21-9-8-14(23)20-18(21)26/h1-5,8-9,12,15-17,24-25H,6-7,10H2,(H,19,22)(H,20,23,26)/t12-,15-,16-,17-/m1/s1. The Labute approximate surface area is 154 Å². The average Bonchev–Trinajstić information content (AvgIpc) is 2.94. The van der Waals surface area contributed by atoms with E-state index in [0.29, 0.717) is 6.54 Å². The van der Waals surface area contributed by atoms with Crippen molar-refractivity contribution in [2.75, 3.05) is 0 Å². The molecular formula is C18H21N3O6. The van der Waals surface area contributed by atoms with Gasteiger partial charge in [-0.05, 0) is 12.0 Å². The number of benzene rings is 1. The van der Waals surface area contributed by atoms with Crippen LogP contribution in [0.2, 0.25) is 0 Å². The van der Waals surface area contributed by atoms with Crippen LogP contribution in [0.25, 0.3) is 0 Å². The highest BCUT2D eigenvalue weighted by Gasteiger charge is 2.43. The van der Waals surface area contributed by atoms with Gasteiger partial charge in [0.1, 0.15) is 12.2 Å². The molecule has 144 valence electrons. The smallest absolute Gasteiger partial charge is 0.330 e. The summed E-state index contributed by atoms with van der Waals surface area (Å²) in [5, 5.41) is 23.1. The number of H-pyrrole nitrogens is 1. The van der Waals surface area contributed by atoms with E-state index >= 15 is 0 Å². The van der Waals surface area contributed by atoms with Gasteiger partial charge in [-0.25, -0.2) is 4.79 Å². The van der Waals surface area contributed by atoms with Crippen LogP contribution in [0.5, 0.6) is 0 Å². The third-order valence-corrected chi connectivity index (χ3v) is 4.45. The number of aromatic nitrogens is 2. The Kier molecular flexibility index (Phi) is 5.84. The fourth-order valence-electron chi connectivity index (χ4n) is 2.98. The monoisotopic (exact) mass is 375 g/mol. The number of aromatic amines is 1. The zero-order valence-electron chi connectivity index (χ0n) is 14.4. The van der Waals surface area contributed by atoms with Crippen molar-refractivity contribution < 1.29 is 19.7 Å². The quantitative estimate of drug-likeness (QED) is 0.525. The molecule has 4 N–H and O–H groups in total. The Morgan fingerprint density at radius 3 is 2.59 bits per heavy atom. The minimum absolute atomic E-state index is 0.0918. The maximum Gasteiger partial charge on any atom is 0.330 e. The summed E-state index contributed by atoms with van der Waals surface area (Å²) >= 11 is 0. The van der Waals surface area contributed by atoms with Gasteiger partial charge in [-0.1, -0.05) is 30.3 Å². The fraction of sp³-hybridized carbons (Fsp3) is 0.389. The van der Waals surface area contributed by atoms with Crippen molar-refractivity contribution in [3.63, 3.8) is 0 Å². The summed E-state index contributed by atoms with van der Waals surface area (Å²) < 4.78 is 6.57. The first-order valence-corrected chi connectivity index (χ1v) is 8.59. The first-order chi connectivity index (χ1) is 13.0. The van der Waals surface area contributed by atoms with Gasteiger partial charge in [0, 0.05) is 25.2 Å². The average molecular weight is 375 g/mol. The number of rotatable bonds is 6. The molecule has 1 aliphatic heterocycles. The van der Waals surface area contributed by atoms with Crippen LogP contribution in [0.15, 0.2) is 52.2 Å². The Hall–Kier alpha value is -2.75. The number of hydrogen-bond donors (Lipinski definition) is 4. The summed E-state index contributed by atoms with van der Waals surface area (Å²) in [6.45, 7) is 0.395. The zero-order valence-corrected chi connectivity index (χ0v) is 14.4. The largest absolute Gasteiger partial charge is 0.388 e. The number of aliphatic hydroxyl groups is 2. The highest BCUT2D eigenvalue weighted by atomic mass is 16.6. The molecule has 27 heavy (non-hydrogen) atoms. The van der Waals surface area contributed by atoms with Crippen molar-refractivity contribution in [1.29, 1.82) is 0 Å². The molecule has 1 aromatic heterocycles. The van der Waals surface area contributed by atoms with Crippen molar-refractivity contribution in [2.45, 2.75) is 43.9 Å². The van der Waals surface area contributed by atoms with Gasteiger partial charge in [-0.15, -0.1) is 0 Å². The van der Waals surface area contributed by atoms with Gasteiger partial charge in [-0.3, -0.25) is 19.1 Å². The second-order valence-corrected chi connectivity index (χ2v) is 6.36. The van der Waals surface area contributed by atoms with E-state index < -0.39 is 35.8 Å². The maximum atomic E-state index is 12.0. The predicted octanol–water partition coefficient (Wildman–Crippen LogP) is -0.748. The lowest BCUT2D eigenvalue weighted by Crippen LogP contribution is -2.37.